The summed E-state index contributed by atoms with van der Waals surface area (Å²) in [5, 5.41) is 0. The third-order valence-corrected chi connectivity index (χ3v) is 2.23. The molecule has 0 saturated carbocycles. The lowest BCUT2D eigenvalue weighted by molar-refractivity contribution is -0.127. The number of nitrogens with two attached hydrogens (primary N) is 1. The maximum atomic E-state index is 11.6. The summed E-state index contributed by atoms with van der Waals surface area (Å²) in [5.74, 6) is -0.119. The summed E-state index contributed by atoms with van der Waals surface area (Å²) < 4.78 is 4.78. The summed E-state index contributed by atoms with van der Waals surface area (Å²) in [6.45, 7) is 1.74. The summed E-state index contributed by atoms with van der Waals surface area (Å²) in [6.07, 6.45) is 0. The van der Waals surface area contributed by atoms with Gasteiger partial charge in [-0.3, -0.25) is 4.79 Å². The van der Waals surface area contributed by atoms with Gasteiger partial charge >= 0.3 is 0 Å². The molecular weight excluding hydrogens is 178 g/mol. The van der Waals surface area contributed by atoms with Crippen molar-refractivity contribution in [3.63, 3.8) is 0 Å². The number of methoxy groups -OCH3 is 1. The second kappa shape index (κ2) is 4.35. The van der Waals surface area contributed by atoms with Crippen LogP contribution in [0.15, 0.2) is 30.3 Å². The number of hydrogen-bond donors (Lipinski definition) is 1. The average molecular weight is 193 g/mol. The van der Waals surface area contributed by atoms with Crippen LogP contribution in [0.4, 0.5) is 0 Å². The number of rotatable bonds is 4. The van der Waals surface area contributed by atoms with Crippen LogP contribution in [0.2, 0.25) is 0 Å². The first-order chi connectivity index (χ1) is 6.59. The molecule has 0 aliphatic heterocycles. The molecule has 1 atom stereocenters. The van der Waals surface area contributed by atoms with Gasteiger partial charge in [0.25, 0.3) is 0 Å². The van der Waals surface area contributed by atoms with E-state index in [4.69, 9.17) is 10.5 Å². The number of ether oxygens (including phenoxy) is 1. The molecule has 1 unspecified atom stereocenters. The number of ketones is 1. The molecule has 0 spiro atoms. The van der Waals surface area contributed by atoms with E-state index in [1.165, 1.54) is 7.11 Å². The Hall–Kier alpha value is -1.19. The van der Waals surface area contributed by atoms with Gasteiger partial charge in [0.15, 0.2) is 5.78 Å². The molecule has 1 aromatic carbocycles. The third kappa shape index (κ3) is 2.19. The molecule has 0 aliphatic rings. The van der Waals surface area contributed by atoms with E-state index in [-0.39, 0.29) is 12.4 Å². The molecular formula is C11H15NO2. The molecule has 14 heavy (non-hydrogen) atoms. The second-order valence-corrected chi connectivity index (χ2v) is 3.42. The van der Waals surface area contributed by atoms with Gasteiger partial charge in [-0.05, 0) is 12.5 Å². The van der Waals surface area contributed by atoms with Crippen LogP contribution in [0.3, 0.4) is 0 Å². The number of carbonyl (C=O) groups is 1. The van der Waals surface area contributed by atoms with E-state index in [0.29, 0.717) is 0 Å². The summed E-state index contributed by atoms with van der Waals surface area (Å²) in [7, 11) is 1.49. The Bertz CT molecular complexity index is 306. The van der Waals surface area contributed by atoms with Gasteiger partial charge in [-0.15, -0.1) is 0 Å². The Labute approximate surface area is 83.9 Å². The molecule has 0 aromatic heterocycles. The van der Waals surface area contributed by atoms with Crippen LogP contribution < -0.4 is 5.73 Å². The van der Waals surface area contributed by atoms with Crippen molar-refractivity contribution in [3.8, 4) is 0 Å². The fourth-order valence-corrected chi connectivity index (χ4v) is 1.23. The molecule has 76 valence electrons. The third-order valence-electron chi connectivity index (χ3n) is 2.23. The summed E-state index contributed by atoms with van der Waals surface area (Å²) in [4.78, 5) is 11.6. The number of Topliss-reactive ketones (excluding diaryl/α,β-unsaturated/α-hetero) is 1. The van der Waals surface area contributed by atoms with Gasteiger partial charge in [-0.1, -0.05) is 30.3 Å². The quantitative estimate of drug-likeness (QED) is 0.778. The topological polar surface area (TPSA) is 52.3 Å². The largest absolute Gasteiger partial charge is 0.377 e. The van der Waals surface area contributed by atoms with Gasteiger partial charge in [-0.2, -0.15) is 0 Å². The van der Waals surface area contributed by atoms with E-state index in [0.717, 1.165) is 5.56 Å². The highest BCUT2D eigenvalue weighted by atomic mass is 16.5. The predicted molar refractivity (Wildman–Crippen MR) is 54.9 cm³/mol. The number of hydrogen-bond acceptors (Lipinski definition) is 3. The lowest BCUT2D eigenvalue weighted by Crippen LogP contribution is -2.43. The monoisotopic (exact) mass is 193 g/mol. The Morgan fingerprint density at radius 1 is 1.43 bits per heavy atom. The molecule has 3 nitrogen and oxygen atoms in total. The van der Waals surface area contributed by atoms with Crippen LogP contribution in [-0.2, 0) is 15.1 Å². The zero-order valence-corrected chi connectivity index (χ0v) is 8.49. The van der Waals surface area contributed by atoms with Crippen LogP contribution >= 0.6 is 0 Å². The molecule has 2 N–H and O–H groups in total. The Balaban J connectivity index is 2.90. The van der Waals surface area contributed by atoms with Crippen molar-refractivity contribution < 1.29 is 9.53 Å². The maximum absolute atomic E-state index is 11.6. The molecule has 1 rings (SSSR count). The fourth-order valence-electron chi connectivity index (χ4n) is 1.23. The van der Waals surface area contributed by atoms with Crippen molar-refractivity contribution in [1.29, 1.82) is 0 Å². The summed E-state index contributed by atoms with van der Waals surface area (Å²) in [6, 6.07) is 9.29. The van der Waals surface area contributed by atoms with Gasteiger partial charge in [-0.25, -0.2) is 0 Å². The normalized spacial score (nSPS) is 14.8. The molecule has 0 radical (unpaired) electrons. The molecule has 0 saturated heterocycles. The highest BCUT2D eigenvalue weighted by Gasteiger charge is 2.29. The molecule has 3 heteroatoms. The summed E-state index contributed by atoms with van der Waals surface area (Å²) >= 11 is 0. The number of carbonyl (C=O) groups excluding carboxylic acids is 1. The second-order valence-electron chi connectivity index (χ2n) is 3.42. The minimum absolute atomic E-state index is 0.0435. The first-order valence-electron chi connectivity index (χ1n) is 4.45. The van der Waals surface area contributed by atoms with Gasteiger partial charge < -0.3 is 10.5 Å². The molecule has 0 aliphatic carbocycles. The standard InChI is InChI=1S/C11H15NO2/c1-11(12,10(13)8-14-2)9-6-4-3-5-7-9/h3-7H,8,12H2,1-2H3. The molecule has 0 bridgehead atoms. The van der Waals surface area contributed by atoms with Gasteiger partial charge in [0.1, 0.15) is 6.61 Å². The Morgan fingerprint density at radius 3 is 2.50 bits per heavy atom. The first kappa shape index (κ1) is 10.9. The van der Waals surface area contributed by atoms with E-state index in [1.54, 1.807) is 6.92 Å². The van der Waals surface area contributed by atoms with Crippen LogP contribution in [0.1, 0.15) is 12.5 Å². The van der Waals surface area contributed by atoms with Gasteiger partial charge in [0, 0.05) is 7.11 Å². The van der Waals surface area contributed by atoms with Gasteiger partial charge in [0.05, 0.1) is 5.54 Å². The smallest absolute Gasteiger partial charge is 0.182 e. The zero-order chi connectivity index (χ0) is 10.6. The fraction of sp³-hybridized carbons (Fsp3) is 0.364. The van der Waals surface area contributed by atoms with Crippen molar-refractivity contribution >= 4 is 5.78 Å². The number of benzene rings is 1. The first-order valence-corrected chi connectivity index (χ1v) is 4.45. The van der Waals surface area contributed by atoms with E-state index in [1.807, 2.05) is 30.3 Å². The molecule has 1 aromatic rings. The van der Waals surface area contributed by atoms with E-state index in [2.05, 4.69) is 0 Å². The molecule has 0 amide bonds. The van der Waals surface area contributed by atoms with Crippen molar-refractivity contribution in [3.05, 3.63) is 35.9 Å². The van der Waals surface area contributed by atoms with E-state index < -0.39 is 5.54 Å². The molecule has 0 heterocycles. The van der Waals surface area contributed by atoms with Crippen LogP contribution in [0, 0.1) is 0 Å². The van der Waals surface area contributed by atoms with Crippen molar-refractivity contribution in [2.24, 2.45) is 5.73 Å². The van der Waals surface area contributed by atoms with Crippen molar-refractivity contribution in [2.45, 2.75) is 12.5 Å². The minimum atomic E-state index is -0.961. The van der Waals surface area contributed by atoms with Crippen LogP contribution in [0.5, 0.6) is 0 Å². The van der Waals surface area contributed by atoms with E-state index >= 15 is 0 Å². The van der Waals surface area contributed by atoms with Crippen molar-refractivity contribution in [2.75, 3.05) is 13.7 Å². The Morgan fingerprint density at radius 2 is 2.00 bits per heavy atom. The molecule has 0 fully saturated rings. The maximum Gasteiger partial charge on any atom is 0.182 e. The zero-order valence-electron chi connectivity index (χ0n) is 8.49. The highest BCUT2D eigenvalue weighted by molar-refractivity contribution is 5.90. The van der Waals surface area contributed by atoms with Gasteiger partial charge in [0.2, 0.25) is 0 Å². The lowest BCUT2D eigenvalue weighted by Gasteiger charge is -2.23. The van der Waals surface area contributed by atoms with Crippen LogP contribution in [0.25, 0.3) is 0 Å². The van der Waals surface area contributed by atoms with E-state index in [9.17, 15) is 4.79 Å². The highest BCUT2D eigenvalue weighted by Crippen LogP contribution is 2.18. The Kier molecular flexibility index (Phi) is 3.38. The lowest BCUT2D eigenvalue weighted by atomic mass is 9.89. The minimum Gasteiger partial charge on any atom is -0.377 e. The van der Waals surface area contributed by atoms with Crippen molar-refractivity contribution in [1.82, 2.24) is 0 Å². The predicted octanol–water partition coefficient (Wildman–Crippen LogP) is 1.08. The van der Waals surface area contributed by atoms with Crippen LogP contribution in [-0.4, -0.2) is 19.5 Å². The SMILES string of the molecule is COCC(=O)C(C)(N)c1ccccc1. The summed E-state index contributed by atoms with van der Waals surface area (Å²) in [5.41, 5.74) is 5.78. The average Bonchev–Trinajstić information content (AvgIpc) is 2.19.